The Morgan fingerprint density at radius 2 is 1.91 bits per heavy atom. The maximum Gasteiger partial charge on any atom is 0.119 e. The maximum absolute atomic E-state index is 5.53. The molecule has 1 atom stereocenters. The van der Waals surface area contributed by atoms with E-state index in [0.717, 1.165) is 31.4 Å². The first-order valence-corrected chi connectivity index (χ1v) is 8.35. The quantitative estimate of drug-likeness (QED) is 0.805. The fraction of sp³-hybridized carbons (Fsp3) is 0.556. The number of nitrogens with one attached hydrogen (secondary N) is 1. The Morgan fingerprint density at radius 1 is 1.17 bits per heavy atom. The predicted octanol–water partition coefficient (Wildman–Crippen LogP) is 2.15. The Hall–Kier alpha value is -1.07. The van der Waals surface area contributed by atoms with Gasteiger partial charge in [0, 0.05) is 51.9 Å². The third-order valence-electron chi connectivity index (χ3n) is 4.61. The minimum Gasteiger partial charge on any atom is -0.490 e. The SMILES string of the molecule is C=CCOc1ccc(CN2CCC(N3CCNCC3)C2)cc1.Cl. The molecule has 0 saturated carbocycles. The minimum atomic E-state index is 0. The summed E-state index contributed by atoms with van der Waals surface area (Å²) in [5.74, 6) is 0.920. The number of hydrogen-bond donors (Lipinski definition) is 1. The number of nitrogens with zero attached hydrogens (tertiary/aromatic N) is 2. The second kappa shape index (κ2) is 9.28. The van der Waals surface area contributed by atoms with Gasteiger partial charge in [0.2, 0.25) is 0 Å². The molecule has 2 aliphatic rings. The van der Waals surface area contributed by atoms with Crippen molar-refractivity contribution in [3.8, 4) is 5.75 Å². The molecule has 0 spiro atoms. The van der Waals surface area contributed by atoms with E-state index >= 15 is 0 Å². The summed E-state index contributed by atoms with van der Waals surface area (Å²) in [5.41, 5.74) is 1.37. The molecule has 0 radical (unpaired) electrons. The third-order valence-corrected chi connectivity index (χ3v) is 4.61. The van der Waals surface area contributed by atoms with Crippen molar-refractivity contribution >= 4 is 12.4 Å². The molecule has 0 aromatic heterocycles. The van der Waals surface area contributed by atoms with Crippen LogP contribution in [0.5, 0.6) is 5.75 Å². The molecular formula is C18H28ClN3O. The zero-order chi connectivity index (χ0) is 15.2. The maximum atomic E-state index is 5.53. The lowest BCUT2D eigenvalue weighted by molar-refractivity contribution is 0.170. The van der Waals surface area contributed by atoms with Crippen molar-refractivity contribution in [1.82, 2.24) is 15.1 Å². The van der Waals surface area contributed by atoms with Gasteiger partial charge < -0.3 is 10.1 Å². The highest BCUT2D eigenvalue weighted by molar-refractivity contribution is 5.85. The molecule has 2 aliphatic heterocycles. The highest BCUT2D eigenvalue weighted by Crippen LogP contribution is 2.20. The van der Waals surface area contributed by atoms with Crippen LogP contribution in [0.15, 0.2) is 36.9 Å². The van der Waals surface area contributed by atoms with E-state index in [-0.39, 0.29) is 12.4 Å². The monoisotopic (exact) mass is 337 g/mol. The molecule has 1 aromatic rings. The molecule has 1 aromatic carbocycles. The molecule has 2 fully saturated rings. The summed E-state index contributed by atoms with van der Waals surface area (Å²) in [7, 11) is 0. The molecule has 2 saturated heterocycles. The minimum absolute atomic E-state index is 0. The molecule has 4 nitrogen and oxygen atoms in total. The summed E-state index contributed by atoms with van der Waals surface area (Å²) in [6.07, 6.45) is 3.08. The number of halogens is 1. The molecule has 128 valence electrons. The number of benzene rings is 1. The molecule has 0 aliphatic carbocycles. The summed E-state index contributed by atoms with van der Waals surface area (Å²) in [6, 6.07) is 9.22. The van der Waals surface area contributed by atoms with E-state index in [1.807, 2.05) is 0 Å². The van der Waals surface area contributed by atoms with Crippen LogP contribution in [0.2, 0.25) is 0 Å². The molecule has 3 rings (SSSR count). The largest absolute Gasteiger partial charge is 0.490 e. The van der Waals surface area contributed by atoms with Crippen molar-refractivity contribution in [2.75, 3.05) is 45.9 Å². The van der Waals surface area contributed by atoms with Gasteiger partial charge >= 0.3 is 0 Å². The zero-order valence-electron chi connectivity index (χ0n) is 13.7. The molecule has 0 bridgehead atoms. The smallest absolute Gasteiger partial charge is 0.119 e. The van der Waals surface area contributed by atoms with Gasteiger partial charge in [-0.2, -0.15) is 0 Å². The van der Waals surface area contributed by atoms with Gasteiger partial charge in [-0.05, 0) is 24.1 Å². The molecule has 0 amide bonds. The van der Waals surface area contributed by atoms with E-state index in [1.165, 1.54) is 38.2 Å². The summed E-state index contributed by atoms with van der Waals surface area (Å²) >= 11 is 0. The Morgan fingerprint density at radius 3 is 2.61 bits per heavy atom. The van der Waals surface area contributed by atoms with E-state index in [0.29, 0.717) is 6.61 Å². The van der Waals surface area contributed by atoms with Gasteiger partial charge in [0.05, 0.1) is 0 Å². The van der Waals surface area contributed by atoms with Crippen LogP contribution in [0.3, 0.4) is 0 Å². The lowest BCUT2D eigenvalue weighted by Gasteiger charge is -2.32. The lowest BCUT2D eigenvalue weighted by Crippen LogP contribution is -2.49. The Labute approximate surface area is 145 Å². The van der Waals surface area contributed by atoms with Crippen LogP contribution in [-0.4, -0.2) is 61.7 Å². The molecule has 5 heteroatoms. The molecular weight excluding hydrogens is 310 g/mol. The van der Waals surface area contributed by atoms with Crippen molar-refractivity contribution in [3.05, 3.63) is 42.5 Å². The number of hydrogen-bond acceptors (Lipinski definition) is 4. The zero-order valence-corrected chi connectivity index (χ0v) is 14.6. The van der Waals surface area contributed by atoms with Crippen molar-refractivity contribution in [2.45, 2.75) is 19.0 Å². The molecule has 23 heavy (non-hydrogen) atoms. The van der Waals surface area contributed by atoms with Gasteiger partial charge in [-0.1, -0.05) is 24.8 Å². The summed E-state index contributed by atoms with van der Waals surface area (Å²) in [5, 5.41) is 3.44. The van der Waals surface area contributed by atoms with Crippen LogP contribution in [0, 0.1) is 0 Å². The summed E-state index contributed by atoms with van der Waals surface area (Å²) < 4.78 is 5.53. The first kappa shape index (κ1) is 18.3. The van der Waals surface area contributed by atoms with E-state index in [4.69, 9.17) is 4.74 Å². The highest BCUT2D eigenvalue weighted by atomic mass is 35.5. The molecule has 2 heterocycles. The van der Waals surface area contributed by atoms with Crippen molar-refractivity contribution in [1.29, 1.82) is 0 Å². The van der Waals surface area contributed by atoms with Gasteiger partial charge in [-0.25, -0.2) is 0 Å². The number of ether oxygens (including phenoxy) is 1. The number of likely N-dealkylation sites (tertiary alicyclic amines) is 1. The number of piperazine rings is 1. The van der Waals surface area contributed by atoms with Crippen molar-refractivity contribution < 1.29 is 4.74 Å². The normalized spacial score (nSPS) is 22.5. The van der Waals surface area contributed by atoms with Crippen LogP contribution >= 0.6 is 12.4 Å². The topological polar surface area (TPSA) is 27.7 Å². The van der Waals surface area contributed by atoms with Gasteiger partial charge in [0.15, 0.2) is 0 Å². The predicted molar refractivity (Wildman–Crippen MR) is 97.5 cm³/mol. The Bertz CT molecular complexity index is 474. The first-order valence-electron chi connectivity index (χ1n) is 8.35. The van der Waals surface area contributed by atoms with E-state index in [9.17, 15) is 0 Å². The van der Waals surface area contributed by atoms with E-state index < -0.39 is 0 Å². The molecule has 1 N–H and O–H groups in total. The average Bonchev–Trinajstić information content (AvgIpc) is 3.04. The van der Waals surface area contributed by atoms with Gasteiger partial charge in [-0.15, -0.1) is 12.4 Å². The fourth-order valence-corrected chi connectivity index (χ4v) is 3.41. The third kappa shape index (κ3) is 5.21. The highest BCUT2D eigenvalue weighted by Gasteiger charge is 2.28. The second-order valence-corrected chi connectivity index (χ2v) is 6.21. The fourth-order valence-electron chi connectivity index (χ4n) is 3.41. The first-order chi connectivity index (χ1) is 10.8. The van der Waals surface area contributed by atoms with E-state index in [2.05, 4.69) is 46.0 Å². The van der Waals surface area contributed by atoms with Gasteiger partial charge in [0.1, 0.15) is 12.4 Å². The second-order valence-electron chi connectivity index (χ2n) is 6.21. The summed E-state index contributed by atoms with van der Waals surface area (Å²) in [6.45, 7) is 12.4. The van der Waals surface area contributed by atoms with Crippen molar-refractivity contribution in [3.63, 3.8) is 0 Å². The average molecular weight is 338 g/mol. The van der Waals surface area contributed by atoms with Crippen LogP contribution in [0.1, 0.15) is 12.0 Å². The number of rotatable bonds is 6. The van der Waals surface area contributed by atoms with Gasteiger partial charge in [0.25, 0.3) is 0 Å². The Kier molecular flexibility index (Phi) is 7.37. The standard InChI is InChI=1S/C18H27N3O.ClH/c1-2-13-22-18-5-3-16(4-6-18)14-20-10-7-17(15-20)21-11-8-19-9-12-21;/h2-6,17,19H,1,7-15H2;1H. The van der Waals surface area contributed by atoms with Crippen LogP contribution in [0.4, 0.5) is 0 Å². The van der Waals surface area contributed by atoms with Gasteiger partial charge in [-0.3, -0.25) is 9.80 Å². The summed E-state index contributed by atoms with van der Waals surface area (Å²) in [4.78, 5) is 5.23. The van der Waals surface area contributed by atoms with E-state index in [1.54, 1.807) is 6.08 Å². The Balaban J connectivity index is 0.00000192. The van der Waals surface area contributed by atoms with Crippen LogP contribution < -0.4 is 10.1 Å². The molecule has 1 unspecified atom stereocenters. The lowest BCUT2D eigenvalue weighted by atomic mass is 10.2. The van der Waals surface area contributed by atoms with Crippen molar-refractivity contribution in [2.24, 2.45) is 0 Å². The van der Waals surface area contributed by atoms with Crippen LogP contribution in [-0.2, 0) is 6.54 Å². The van der Waals surface area contributed by atoms with Crippen LogP contribution in [0.25, 0.3) is 0 Å².